The summed E-state index contributed by atoms with van der Waals surface area (Å²) in [5.74, 6) is 0.401. The van der Waals surface area contributed by atoms with E-state index in [4.69, 9.17) is 4.42 Å². The molecular formula is C37H33NO. The molecule has 2 heteroatoms. The van der Waals surface area contributed by atoms with Crippen molar-refractivity contribution in [1.82, 2.24) is 4.57 Å². The van der Waals surface area contributed by atoms with Crippen LogP contribution in [0, 0.1) is 0 Å². The molecule has 0 saturated carbocycles. The Kier molecular flexibility index (Phi) is 4.43. The van der Waals surface area contributed by atoms with Crippen molar-refractivity contribution in [1.29, 1.82) is 0 Å². The van der Waals surface area contributed by atoms with Crippen LogP contribution < -0.4 is 0 Å². The lowest BCUT2D eigenvalue weighted by molar-refractivity contribution is 0.590. The Morgan fingerprint density at radius 2 is 1.49 bits per heavy atom. The highest BCUT2D eigenvalue weighted by molar-refractivity contribution is 6.36. The van der Waals surface area contributed by atoms with E-state index in [0.29, 0.717) is 5.92 Å². The Morgan fingerprint density at radius 1 is 0.692 bits per heavy atom. The number of benzene rings is 6. The highest BCUT2D eigenvalue weighted by Crippen LogP contribution is 2.47. The van der Waals surface area contributed by atoms with Gasteiger partial charge in [0.25, 0.3) is 0 Å². The minimum absolute atomic E-state index is 0.0750. The highest BCUT2D eigenvalue weighted by Gasteiger charge is 2.23. The molecule has 0 fully saturated rings. The number of para-hydroxylation sites is 1. The Hall–Kier alpha value is -4.04. The van der Waals surface area contributed by atoms with E-state index in [1.165, 1.54) is 76.0 Å². The fraction of sp³-hybridized carbons (Fsp3) is 0.243. The molecule has 39 heavy (non-hydrogen) atoms. The van der Waals surface area contributed by atoms with Crippen molar-refractivity contribution < 1.29 is 4.42 Å². The minimum Gasteiger partial charge on any atom is -0.456 e. The predicted octanol–water partition coefficient (Wildman–Crippen LogP) is 11.0. The van der Waals surface area contributed by atoms with Crippen molar-refractivity contribution in [2.24, 2.45) is 0 Å². The lowest BCUT2D eigenvalue weighted by Crippen LogP contribution is -2.10. The van der Waals surface area contributed by atoms with Gasteiger partial charge in [0.1, 0.15) is 11.2 Å². The van der Waals surface area contributed by atoms with Crippen LogP contribution in [0.5, 0.6) is 0 Å². The van der Waals surface area contributed by atoms with E-state index in [-0.39, 0.29) is 5.41 Å². The van der Waals surface area contributed by atoms with Crippen LogP contribution in [0.1, 0.15) is 58.6 Å². The van der Waals surface area contributed by atoms with Crippen molar-refractivity contribution in [2.75, 3.05) is 0 Å². The number of hydrogen-bond donors (Lipinski definition) is 0. The molecule has 0 saturated heterocycles. The highest BCUT2D eigenvalue weighted by atomic mass is 16.3. The van der Waals surface area contributed by atoms with Crippen LogP contribution in [0.3, 0.4) is 0 Å². The van der Waals surface area contributed by atoms with Gasteiger partial charge in [-0.3, -0.25) is 0 Å². The third kappa shape index (κ3) is 2.92. The Balaban J connectivity index is 1.64. The quantitative estimate of drug-likeness (QED) is 0.213. The number of nitrogens with zero attached hydrogens (tertiary/aromatic N) is 1. The summed E-state index contributed by atoms with van der Waals surface area (Å²) in [5, 5.41) is 13.2. The van der Waals surface area contributed by atoms with Crippen LogP contribution >= 0.6 is 0 Å². The van der Waals surface area contributed by atoms with Crippen LogP contribution in [0.2, 0.25) is 0 Å². The third-order valence-corrected chi connectivity index (χ3v) is 9.01. The number of aryl methyl sites for hydroxylation is 1. The van der Waals surface area contributed by atoms with Crippen molar-refractivity contribution in [2.45, 2.75) is 59.4 Å². The summed E-state index contributed by atoms with van der Waals surface area (Å²) in [6.45, 7) is 14.7. The molecule has 8 rings (SSSR count). The van der Waals surface area contributed by atoms with Gasteiger partial charge in [0, 0.05) is 39.0 Å². The molecule has 0 bridgehead atoms. The van der Waals surface area contributed by atoms with Gasteiger partial charge in [-0.25, -0.2) is 0 Å². The van der Waals surface area contributed by atoms with E-state index in [9.17, 15) is 0 Å². The Labute approximate surface area is 228 Å². The number of rotatable bonds is 2. The van der Waals surface area contributed by atoms with Gasteiger partial charge in [0.15, 0.2) is 0 Å². The SMILES string of the molecule is CCn1c2ccccc2c2cc3cc(C(C)C)c4cc5oc6ccc(C(C)(C)C)cc6c5c5ccc(c3c45)c21. The summed E-state index contributed by atoms with van der Waals surface area (Å²) in [7, 11) is 0. The largest absolute Gasteiger partial charge is 0.456 e. The summed E-state index contributed by atoms with van der Waals surface area (Å²) >= 11 is 0. The molecule has 0 radical (unpaired) electrons. The van der Waals surface area contributed by atoms with Crippen LogP contribution in [-0.4, -0.2) is 4.57 Å². The van der Waals surface area contributed by atoms with E-state index in [0.717, 1.165) is 17.7 Å². The smallest absolute Gasteiger partial charge is 0.136 e. The van der Waals surface area contributed by atoms with Crippen LogP contribution in [0.15, 0.2) is 77.2 Å². The van der Waals surface area contributed by atoms with Crippen LogP contribution in [-0.2, 0) is 12.0 Å². The monoisotopic (exact) mass is 507 g/mol. The van der Waals surface area contributed by atoms with Gasteiger partial charge in [0.2, 0.25) is 0 Å². The number of hydrogen-bond acceptors (Lipinski definition) is 1. The normalized spacial score (nSPS) is 13.2. The Bertz CT molecular complexity index is 2270. The maximum absolute atomic E-state index is 6.55. The van der Waals surface area contributed by atoms with Crippen LogP contribution in [0.4, 0.5) is 0 Å². The molecule has 0 aliphatic heterocycles. The lowest BCUT2D eigenvalue weighted by Gasteiger charge is -2.19. The van der Waals surface area contributed by atoms with Gasteiger partial charge in [-0.05, 0) is 86.6 Å². The zero-order valence-corrected chi connectivity index (χ0v) is 23.6. The number of aromatic nitrogens is 1. The predicted molar refractivity (Wildman–Crippen MR) is 169 cm³/mol. The lowest BCUT2D eigenvalue weighted by atomic mass is 9.84. The topological polar surface area (TPSA) is 18.1 Å². The molecule has 0 amide bonds. The van der Waals surface area contributed by atoms with E-state index < -0.39 is 0 Å². The molecule has 192 valence electrons. The first-order valence-corrected chi connectivity index (χ1v) is 14.3. The molecule has 2 heterocycles. The van der Waals surface area contributed by atoms with Crippen molar-refractivity contribution >= 4 is 76.1 Å². The van der Waals surface area contributed by atoms with Crippen LogP contribution in [0.25, 0.3) is 76.1 Å². The van der Waals surface area contributed by atoms with Gasteiger partial charge in [-0.1, -0.05) is 77.1 Å². The molecule has 0 aliphatic carbocycles. The van der Waals surface area contributed by atoms with Crippen molar-refractivity contribution in [3.63, 3.8) is 0 Å². The number of furan rings is 1. The molecule has 8 aromatic rings. The average molecular weight is 508 g/mol. The summed E-state index contributed by atoms with van der Waals surface area (Å²) < 4.78 is 9.05. The van der Waals surface area contributed by atoms with Crippen molar-refractivity contribution in [3.05, 3.63) is 83.9 Å². The van der Waals surface area contributed by atoms with Gasteiger partial charge in [-0.15, -0.1) is 0 Å². The second-order valence-electron chi connectivity index (χ2n) is 12.6. The zero-order valence-electron chi connectivity index (χ0n) is 23.6. The molecule has 0 spiro atoms. The third-order valence-electron chi connectivity index (χ3n) is 9.01. The van der Waals surface area contributed by atoms with Gasteiger partial charge in [-0.2, -0.15) is 0 Å². The Morgan fingerprint density at radius 3 is 2.26 bits per heavy atom. The maximum Gasteiger partial charge on any atom is 0.136 e. The second kappa shape index (κ2) is 7.54. The molecule has 0 aliphatic rings. The standard InChI is InChI=1S/C37H33NO/c1-7-38-30-11-9-8-10-23(30)28-17-21-16-26(20(2)3)27-19-32-34(24-13-14-25(36(28)38)33(21)35(24)27)29-18-22(37(4,5)6)12-15-31(29)39-32/h8-20H,7H2,1-6H3. The summed E-state index contributed by atoms with van der Waals surface area (Å²) in [5.41, 5.74) is 7.40. The van der Waals surface area contributed by atoms with Gasteiger partial charge < -0.3 is 8.98 Å². The average Bonchev–Trinajstić information content (AvgIpc) is 3.45. The fourth-order valence-corrected chi connectivity index (χ4v) is 7.14. The molecule has 2 nitrogen and oxygen atoms in total. The van der Waals surface area contributed by atoms with E-state index in [1.54, 1.807) is 0 Å². The molecule has 0 atom stereocenters. The van der Waals surface area contributed by atoms with E-state index in [1.807, 2.05) is 0 Å². The first kappa shape index (κ1) is 22.9. The first-order chi connectivity index (χ1) is 18.8. The zero-order chi connectivity index (χ0) is 26.8. The minimum atomic E-state index is 0.0750. The molecule has 0 unspecified atom stereocenters. The summed E-state index contributed by atoms with van der Waals surface area (Å²) in [6.07, 6.45) is 0. The summed E-state index contributed by atoms with van der Waals surface area (Å²) in [6, 6.07) is 27.6. The van der Waals surface area contributed by atoms with Crippen molar-refractivity contribution in [3.8, 4) is 0 Å². The second-order valence-corrected chi connectivity index (χ2v) is 12.6. The van der Waals surface area contributed by atoms with E-state index in [2.05, 4.69) is 119 Å². The van der Waals surface area contributed by atoms with Gasteiger partial charge in [0.05, 0.1) is 5.52 Å². The molecular weight excluding hydrogens is 474 g/mol. The first-order valence-electron chi connectivity index (χ1n) is 14.3. The maximum atomic E-state index is 6.55. The molecule has 6 aromatic carbocycles. The van der Waals surface area contributed by atoms with Gasteiger partial charge >= 0.3 is 0 Å². The van der Waals surface area contributed by atoms with E-state index >= 15 is 0 Å². The summed E-state index contributed by atoms with van der Waals surface area (Å²) in [4.78, 5) is 0. The molecule has 2 aromatic heterocycles. The fourth-order valence-electron chi connectivity index (χ4n) is 7.14. The number of fused-ring (bicyclic) bond motifs is 8. The molecule has 0 N–H and O–H groups in total.